The van der Waals surface area contributed by atoms with Crippen LogP contribution in [0.1, 0.15) is 55.0 Å². The van der Waals surface area contributed by atoms with Crippen molar-refractivity contribution in [2.75, 3.05) is 0 Å². The van der Waals surface area contributed by atoms with Gasteiger partial charge in [0.2, 0.25) is 0 Å². The van der Waals surface area contributed by atoms with Crippen molar-refractivity contribution in [2.45, 2.75) is 44.8 Å². The van der Waals surface area contributed by atoms with Gasteiger partial charge in [-0.15, -0.1) is 0 Å². The predicted octanol–water partition coefficient (Wildman–Crippen LogP) is 7.95. The zero-order valence-corrected chi connectivity index (χ0v) is 18.1. The van der Waals surface area contributed by atoms with Crippen LogP contribution in [-0.4, -0.2) is 0 Å². The first-order valence-electron chi connectivity index (χ1n) is 11.2. The molecule has 0 aliphatic rings. The van der Waals surface area contributed by atoms with Gasteiger partial charge in [0, 0.05) is 12.5 Å². The average molecular weight is 412 g/mol. The molecule has 2 unspecified atom stereocenters. The van der Waals surface area contributed by atoms with Gasteiger partial charge in [-0.2, -0.15) is 0 Å². The lowest BCUT2D eigenvalue weighted by Gasteiger charge is -2.23. The summed E-state index contributed by atoms with van der Waals surface area (Å²) in [5.41, 5.74) is 10.9. The quantitative estimate of drug-likeness (QED) is 0.313. The fraction of sp³-hybridized carbons (Fsp3) is 0.241. The molecule has 2 atom stereocenters. The Hall–Kier alpha value is -2.97. The Morgan fingerprint density at radius 2 is 1.35 bits per heavy atom. The van der Waals surface area contributed by atoms with E-state index in [1.165, 1.54) is 0 Å². The number of hydrogen-bond acceptors (Lipinski definition) is 1. The van der Waals surface area contributed by atoms with E-state index in [1.54, 1.807) is 0 Å². The molecule has 4 rings (SSSR count). The third-order valence-corrected chi connectivity index (χ3v) is 6.18. The number of unbranched alkanes of at least 4 members (excludes halogenated alkanes) is 1. The molecule has 0 aromatic heterocycles. The molecule has 0 amide bonds. The van der Waals surface area contributed by atoms with Crippen molar-refractivity contribution in [2.24, 2.45) is 5.73 Å². The highest BCUT2D eigenvalue weighted by molar-refractivity contribution is 5.83. The van der Waals surface area contributed by atoms with Gasteiger partial charge in [-0.3, -0.25) is 0 Å². The molecule has 158 valence electrons. The molecule has 0 fully saturated rings. The summed E-state index contributed by atoms with van der Waals surface area (Å²) in [6.45, 7) is 2.71. The Morgan fingerprint density at radius 3 is 2.00 bits per heavy atom. The van der Waals surface area contributed by atoms with Crippen LogP contribution >= 0.6 is 0 Å². The third kappa shape index (κ3) is 4.86. The monoisotopic (exact) mass is 411 g/mol. The summed E-state index contributed by atoms with van der Waals surface area (Å²) < 4.78 is 15.8. The van der Waals surface area contributed by atoms with E-state index in [1.807, 2.05) is 30.3 Å². The minimum atomic E-state index is -1.02. The Morgan fingerprint density at radius 1 is 0.742 bits per heavy atom. The molecule has 4 aromatic carbocycles. The van der Waals surface area contributed by atoms with Crippen molar-refractivity contribution >= 4 is 10.8 Å². The average Bonchev–Trinajstić information content (AvgIpc) is 2.84. The lowest BCUT2D eigenvalue weighted by Crippen LogP contribution is -2.08. The highest BCUT2D eigenvalue weighted by Crippen LogP contribution is 2.39. The van der Waals surface area contributed by atoms with E-state index >= 15 is 4.39 Å². The molecule has 0 aliphatic carbocycles. The summed E-state index contributed by atoms with van der Waals surface area (Å²) in [6, 6.07) is 30.9. The van der Waals surface area contributed by atoms with Crippen molar-refractivity contribution in [1.82, 2.24) is 0 Å². The van der Waals surface area contributed by atoms with Crippen LogP contribution < -0.4 is 5.73 Å². The molecule has 31 heavy (non-hydrogen) atoms. The van der Waals surface area contributed by atoms with Gasteiger partial charge in [0.05, 0.1) is 0 Å². The van der Waals surface area contributed by atoms with Gasteiger partial charge in [-0.1, -0.05) is 105 Å². The number of hydrogen-bond donors (Lipinski definition) is 1. The van der Waals surface area contributed by atoms with Crippen LogP contribution in [0.5, 0.6) is 0 Å². The molecular formula is C29H30FN. The minimum absolute atomic E-state index is 0.144. The Labute approximate surface area is 184 Å². The Kier molecular flexibility index (Phi) is 6.79. The lowest BCUT2D eigenvalue weighted by atomic mass is 9.85. The fourth-order valence-corrected chi connectivity index (χ4v) is 4.27. The normalized spacial score (nSPS) is 13.3. The number of alkyl halides is 1. The number of nitrogens with two attached hydrogens (primary N) is 1. The number of rotatable bonds is 8. The van der Waals surface area contributed by atoms with Gasteiger partial charge in [-0.05, 0) is 51.1 Å². The summed E-state index contributed by atoms with van der Waals surface area (Å²) >= 11 is 0. The molecule has 1 nitrogen and oxygen atoms in total. The molecule has 0 heterocycles. The van der Waals surface area contributed by atoms with Crippen LogP contribution in [0.3, 0.4) is 0 Å². The molecule has 0 saturated heterocycles. The van der Waals surface area contributed by atoms with Gasteiger partial charge in [0.25, 0.3) is 0 Å². The third-order valence-electron chi connectivity index (χ3n) is 6.18. The van der Waals surface area contributed by atoms with Crippen molar-refractivity contribution in [3.8, 4) is 11.1 Å². The summed E-state index contributed by atoms with van der Waals surface area (Å²) in [7, 11) is 0. The molecule has 0 spiro atoms. The molecule has 4 aromatic rings. The Balaban J connectivity index is 1.61. The smallest absolute Gasteiger partial charge is 0.132 e. The predicted molar refractivity (Wildman–Crippen MR) is 130 cm³/mol. The van der Waals surface area contributed by atoms with Crippen molar-refractivity contribution in [1.29, 1.82) is 0 Å². The largest absolute Gasteiger partial charge is 0.326 e. The van der Waals surface area contributed by atoms with E-state index in [0.717, 1.165) is 57.9 Å². The van der Waals surface area contributed by atoms with E-state index in [-0.39, 0.29) is 5.92 Å². The zero-order valence-electron chi connectivity index (χ0n) is 18.1. The van der Waals surface area contributed by atoms with Crippen LogP contribution in [-0.2, 0) is 6.54 Å². The van der Waals surface area contributed by atoms with Gasteiger partial charge in [-0.25, -0.2) is 4.39 Å². The number of fused-ring (bicyclic) bond motifs is 1. The van der Waals surface area contributed by atoms with Gasteiger partial charge in [0.1, 0.15) is 6.17 Å². The van der Waals surface area contributed by atoms with Crippen LogP contribution in [0.15, 0.2) is 91.0 Å². The van der Waals surface area contributed by atoms with Crippen LogP contribution in [0.4, 0.5) is 4.39 Å². The summed E-state index contributed by atoms with van der Waals surface area (Å²) in [5, 5.41) is 2.24. The number of halogens is 1. The molecular weight excluding hydrogens is 381 g/mol. The fourth-order valence-electron chi connectivity index (χ4n) is 4.27. The molecule has 0 radical (unpaired) electrons. The minimum Gasteiger partial charge on any atom is -0.326 e. The van der Waals surface area contributed by atoms with Gasteiger partial charge in [0.15, 0.2) is 0 Å². The molecule has 0 bridgehead atoms. The van der Waals surface area contributed by atoms with E-state index in [0.29, 0.717) is 6.54 Å². The maximum Gasteiger partial charge on any atom is 0.132 e. The maximum absolute atomic E-state index is 15.8. The Bertz CT molecular complexity index is 1120. The standard InChI is InChI=1S/C29H30FN/c1-2-3-8-28(29(30)27-18-15-22-6-4-5-7-26(22)19-27)25-16-13-24(14-17-25)23-11-9-21(20-31)10-12-23/h4-7,9-19,28-29H,2-3,8,20,31H2,1H3. The van der Waals surface area contributed by atoms with Crippen molar-refractivity contribution in [3.63, 3.8) is 0 Å². The van der Waals surface area contributed by atoms with Gasteiger partial charge >= 0.3 is 0 Å². The molecule has 2 N–H and O–H groups in total. The summed E-state index contributed by atoms with van der Waals surface area (Å²) in [5.74, 6) is -0.144. The maximum atomic E-state index is 15.8. The van der Waals surface area contributed by atoms with Crippen LogP contribution in [0.25, 0.3) is 21.9 Å². The van der Waals surface area contributed by atoms with E-state index in [9.17, 15) is 0 Å². The highest BCUT2D eigenvalue weighted by atomic mass is 19.1. The van der Waals surface area contributed by atoms with E-state index in [4.69, 9.17) is 5.73 Å². The van der Waals surface area contributed by atoms with Gasteiger partial charge < -0.3 is 5.73 Å². The molecule has 0 saturated carbocycles. The van der Waals surface area contributed by atoms with Crippen molar-refractivity contribution in [3.05, 3.63) is 108 Å². The first-order valence-corrected chi connectivity index (χ1v) is 11.2. The second kappa shape index (κ2) is 9.89. The van der Waals surface area contributed by atoms with Crippen molar-refractivity contribution < 1.29 is 4.39 Å². The second-order valence-electron chi connectivity index (χ2n) is 8.28. The van der Waals surface area contributed by atoms with Crippen LogP contribution in [0, 0.1) is 0 Å². The SMILES string of the molecule is CCCCC(c1ccc(-c2ccc(CN)cc2)cc1)C(F)c1ccc2ccccc2c1. The zero-order chi connectivity index (χ0) is 21.6. The number of benzene rings is 4. The van der Waals surface area contributed by atoms with E-state index in [2.05, 4.69) is 67.6 Å². The molecule has 0 aliphatic heterocycles. The molecule has 2 heteroatoms. The first-order chi connectivity index (χ1) is 15.2. The highest BCUT2D eigenvalue weighted by Gasteiger charge is 2.24. The summed E-state index contributed by atoms with van der Waals surface area (Å²) in [4.78, 5) is 0. The second-order valence-corrected chi connectivity index (χ2v) is 8.28. The first kappa shape index (κ1) is 21.3. The van der Waals surface area contributed by atoms with Crippen LogP contribution in [0.2, 0.25) is 0 Å². The topological polar surface area (TPSA) is 26.0 Å². The lowest BCUT2D eigenvalue weighted by molar-refractivity contribution is 0.274. The summed E-state index contributed by atoms with van der Waals surface area (Å²) in [6.07, 6.45) is 1.90. The van der Waals surface area contributed by atoms with E-state index < -0.39 is 6.17 Å².